The Balaban J connectivity index is 1.69. The van der Waals surface area contributed by atoms with E-state index < -0.39 is 0 Å². The van der Waals surface area contributed by atoms with Gasteiger partial charge in [-0.2, -0.15) is 0 Å². The maximum atomic E-state index is 10.9. The minimum Gasteiger partial charge on any atom is -0.352 e. The van der Waals surface area contributed by atoms with E-state index in [-0.39, 0.29) is 5.91 Å². The van der Waals surface area contributed by atoms with Crippen LogP contribution in [-0.2, 0) is 11.3 Å². The first kappa shape index (κ1) is 10.2. The molecule has 1 saturated heterocycles. The van der Waals surface area contributed by atoms with Gasteiger partial charge in [0.2, 0.25) is 5.91 Å². The average Bonchev–Trinajstić information content (AvgIpc) is 2.66. The van der Waals surface area contributed by atoms with E-state index in [1.165, 1.54) is 5.56 Å². The van der Waals surface area contributed by atoms with E-state index in [1.807, 2.05) is 18.2 Å². The van der Waals surface area contributed by atoms with Gasteiger partial charge in [-0.15, -0.1) is 0 Å². The van der Waals surface area contributed by atoms with Crippen LogP contribution >= 0.6 is 0 Å². The molecule has 1 aromatic rings. The highest BCUT2D eigenvalue weighted by atomic mass is 16.1. The molecule has 1 aliphatic rings. The lowest BCUT2D eigenvalue weighted by Gasteiger charge is -2.10. The molecule has 0 aromatic heterocycles. The van der Waals surface area contributed by atoms with Gasteiger partial charge in [0.1, 0.15) is 0 Å². The molecule has 1 heterocycles. The first-order valence-electron chi connectivity index (χ1n) is 5.38. The minimum absolute atomic E-state index is 0.182. The van der Waals surface area contributed by atoms with Crippen molar-refractivity contribution in [1.29, 1.82) is 0 Å². The molecule has 15 heavy (non-hydrogen) atoms. The van der Waals surface area contributed by atoms with E-state index in [9.17, 15) is 4.79 Å². The number of benzene rings is 1. The largest absolute Gasteiger partial charge is 0.352 e. The molecule has 1 atom stereocenters. The maximum Gasteiger partial charge on any atom is 0.220 e. The number of amides is 1. The minimum atomic E-state index is 0.182. The zero-order valence-electron chi connectivity index (χ0n) is 8.70. The first-order chi connectivity index (χ1) is 7.34. The number of carbonyl (C=O) groups is 1. The van der Waals surface area contributed by atoms with Gasteiger partial charge in [-0.3, -0.25) is 4.79 Å². The lowest BCUT2D eigenvalue weighted by atomic mass is 10.2. The SMILES string of the molecule is O=C1CCC(CNCc2ccccc2)N1. The van der Waals surface area contributed by atoms with E-state index >= 15 is 0 Å². The summed E-state index contributed by atoms with van der Waals surface area (Å²) in [5.41, 5.74) is 1.28. The van der Waals surface area contributed by atoms with Crippen LogP contribution in [0.1, 0.15) is 18.4 Å². The monoisotopic (exact) mass is 204 g/mol. The van der Waals surface area contributed by atoms with E-state index in [2.05, 4.69) is 22.8 Å². The third-order valence-corrected chi connectivity index (χ3v) is 2.65. The summed E-state index contributed by atoms with van der Waals surface area (Å²) in [5, 5.41) is 6.29. The van der Waals surface area contributed by atoms with Crippen molar-refractivity contribution in [2.24, 2.45) is 0 Å². The fourth-order valence-electron chi connectivity index (χ4n) is 1.82. The number of rotatable bonds is 4. The Kier molecular flexibility index (Phi) is 3.35. The van der Waals surface area contributed by atoms with Gasteiger partial charge in [-0.05, 0) is 12.0 Å². The quantitative estimate of drug-likeness (QED) is 0.770. The van der Waals surface area contributed by atoms with Gasteiger partial charge in [0.15, 0.2) is 0 Å². The smallest absolute Gasteiger partial charge is 0.220 e. The van der Waals surface area contributed by atoms with E-state index in [0.717, 1.165) is 19.5 Å². The Hall–Kier alpha value is -1.35. The molecular weight excluding hydrogens is 188 g/mol. The molecule has 0 aliphatic carbocycles. The Morgan fingerprint density at radius 2 is 2.13 bits per heavy atom. The number of nitrogens with one attached hydrogen (secondary N) is 2. The van der Waals surface area contributed by atoms with Crippen molar-refractivity contribution in [2.45, 2.75) is 25.4 Å². The zero-order valence-corrected chi connectivity index (χ0v) is 8.70. The van der Waals surface area contributed by atoms with Gasteiger partial charge in [-0.1, -0.05) is 30.3 Å². The van der Waals surface area contributed by atoms with Crippen LogP contribution in [-0.4, -0.2) is 18.5 Å². The predicted octanol–water partition coefficient (Wildman–Crippen LogP) is 1.05. The second-order valence-corrected chi connectivity index (χ2v) is 3.92. The number of carbonyl (C=O) groups excluding carboxylic acids is 1. The summed E-state index contributed by atoms with van der Waals surface area (Å²) in [7, 11) is 0. The van der Waals surface area contributed by atoms with Crippen molar-refractivity contribution < 1.29 is 4.79 Å². The molecular formula is C12H16N2O. The third-order valence-electron chi connectivity index (χ3n) is 2.65. The lowest BCUT2D eigenvalue weighted by molar-refractivity contribution is -0.119. The Bertz CT molecular complexity index is 324. The normalized spacial score (nSPS) is 20.3. The van der Waals surface area contributed by atoms with E-state index in [4.69, 9.17) is 0 Å². The molecule has 0 bridgehead atoms. The van der Waals surface area contributed by atoms with Gasteiger partial charge >= 0.3 is 0 Å². The van der Waals surface area contributed by atoms with Gasteiger partial charge in [0.05, 0.1) is 0 Å². The first-order valence-corrected chi connectivity index (χ1v) is 5.38. The van der Waals surface area contributed by atoms with Gasteiger partial charge in [-0.25, -0.2) is 0 Å². The summed E-state index contributed by atoms with van der Waals surface area (Å²) in [4.78, 5) is 10.9. The molecule has 2 rings (SSSR count). The highest BCUT2D eigenvalue weighted by Crippen LogP contribution is 2.05. The van der Waals surface area contributed by atoms with Crippen molar-refractivity contribution in [2.75, 3.05) is 6.54 Å². The molecule has 1 fully saturated rings. The summed E-state index contributed by atoms with van der Waals surface area (Å²) in [6.45, 7) is 1.73. The molecule has 1 aliphatic heterocycles. The fourth-order valence-corrected chi connectivity index (χ4v) is 1.82. The molecule has 3 heteroatoms. The van der Waals surface area contributed by atoms with Crippen LogP contribution in [0, 0.1) is 0 Å². The Labute approximate surface area is 89.9 Å². The number of hydrogen-bond acceptors (Lipinski definition) is 2. The van der Waals surface area contributed by atoms with Crippen LogP contribution in [0.4, 0.5) is 0 Å². The lowest BCUT2D eigenvalue weighted by Crippen LogP contribution is -2.35. The maximum absolute atomic E-state index is 10.9. The van der Waals surface area contributed by atoms with Crippen molar-refractivity contribution >= 4 is 5.91 Å². The highest BCUT2D eigenvalue weighted by Gasteiger charge is 2.19. The van der Waals surface area contributed by atoms with Gasteiger partial charge in [0, 0.05) is 25.6 Å². The number of hydrogen-bond donors (Lipinski definition) is 2. The molecule has 0 radical (unpaired) electrons. The molecule has 2 N–H and O–H groups in total. The summed E-state index contributed by atoms with van der Waals surface area (Å²) < 4.78 is 0. The zero-order chi connectivity index (χ0) is 10.5. The molecule has 1 aromatic carbocycles. The summed E-state index contributed by atoms with van der Waals surface area (Å²) in [5.74, 6) is 0.182. The van der Waals surface area contributed by atoms with Crippen LogP contribution < -0.4 is 10.6 Å². The molecule has 1 unspecified atom stereocenters. The second kappa shape index (κ2) is 4.94. The fraction of sp³-hybridized carbons (Fsp3) is 0.417. The van der Waals surface area contributed by atoms with Crippen LogP contribution in [0.25, 0.3) is 0 Å². The molecule has 0 spiro atoms. The Morgan fingerprint density at radius 1 is 1.33 bits per heavy atom. The molecule has 80 valence electrons. The molecule has 0 saturated carbocycles. The summed E-state index contributed by atoms with van der Waals surface area (Å²) >= 11 is 0. The van der Waals surface area contributed by atoms with Crippen molar-refractivity contribution in [3.63, 3.8) is 0 Å². The predicted molar refractivity (Wildman–Crippen MR) is 59.3 cm³/mol. The van der Waals surface area contributed by atoms with Gasteiger partial charge < -0.3 is 10.6 Å². The average molecular weight is 204 g/mol. The van der Waals surface area contributed by atoms with E-state index in [1.54, 1.807) is 0 Å². The molecule has 3 nitrogen and oxygen atoms in total. The van der Waals surface area contributed by atoms with Crippen molar-refractivity contribution in [3.8, 4) is 0 Å². The van der Waals surface area contributed by atoms with E-state index in [0.29, 0.717) is 12.5 Å². The van der Waals surface area contributed by atoms with Crippen LogP contribution in [0.5, 0.6) is 0 Å². The summed E-state index contributed by atoms with van der Waals surface area (Å²) in [6.07, 6.45) is 1.64. The summed E-state index contributed by atoms with van der Waals surface area (Å²) in [6, 6.07) is 10.6. The highest BCUT2D eigenvalue weighted by molar-refractivity contribution is 5.78. The molecule has 1 amide bonds. The topological polar surface area (TPSA) is 41.1 Å². The van der Waals surface area contributed by atoms with Gasteiger partial charge in [0.25, 0.3) is 0 Å². The van der Waals surface area contributed by atoms with Crippen molar-refractivity contribution in [1.82, 2.24) is 10.6 Å². The van der Waals surface area contributed by atoms with Crippen LogP contribution in [0.2, 0.25) is 0 Å². The van der Waals surface area contributed by atoms with Crippen LogP contribution in [0.15, 0.2) is 30.3 Å². The third kappa shape index (κ3) is 3.06. The van der Waals surface area contributed by atoms with Crippen LogP contribution in [0.3, 0.4) is 0 Å². The van der Waals surface area contributed by atoms with Crippen molar-refractivity contribution in [3.05, 3.63) is 35.9 Å². The Morgan fingerprint density at radius 3 is 2.80 bits per heavy atom. The standard InChI is InChI=1S/C12H16N2O/c15-12-7-6-11(14-12)9-13-8-10-4-2-1-3-5-10/h1-5,11,13H,6-9H2,(H,14,15). The second-order valence-electron chi connectivity index (χ2n) is 3.92.